The number of nitrogens with zero attached hydrogens (tertiary/aromatic N) is 5. The van der Waals surface area contributed by atoms with E-state index in [-0.39, 0.29) is 24.1 Å². The Morgan fingerprint density at radius 1 is 1.17 bits per heavy atom. The van der Waals surface area contributed by atoms with Gasteiger partial charge in [0.15, 0.2) is 11.5 Å². The first-order chi connectivity index (χ1) is 14.2. The second kappa shape index (κ2) is 7.21. The molecular weight excluding hydrogens is 370 g/mol. The lowest BCUT2D eigenvalue weighted by atomic mass is 9.99. The molecule has 1 fully saturated rings. The van der Waals surface area contributed by atoms with Gasteiger partial charge in [0.25, 0.3) is 5.56 Å². The Labute approximate surface area is 166 Å². The molecule has 8 heteroatoms. The fourth-order valence-corrected chi connectivity index (χ4v) is 3.57. The predicted molar refractivity (Wildman–Crippen MR) is 104 cm³/mol. The number of ether oxygens (including phenoxy) is 1. The van der Waals surface area contributed by atoms with Gasteiger partial charge in [0.1, 0.15) is 12.9 Å². The summed E-state index contributed by atoms with van der Waals surface area (Å²) < 4.78 is 12.8. The zero-order valence-corrected chi connectivity index (χ0v) is 15.9. The van der Waals surface area contributed by atoms with Gasteiger partial charge in [0.05, 0.1) is 18.1 Å². The van der Waals surface area contributed by atoms with Crippen molar-refractivity contribution in [2.75, 3.05) is 6.61 Å². The SMILES string of the molecule is Cc1ccc([C@H]2C[C@H](c3noc(Cn4cnc5ncccc5c4=O)n3)CO2)cc1. The van der Waals surface area contributed by atoms with Gasteiger partial charge in [-0.1, -0.05) is 35.0 Å². The molecule has 1 aliphatic heterocycles. The minimum Gasteiger partial charge on any atom is -0.373 e. The number of aromatic nitrogens is 5. The summed E-state index contributed by atoms with van der Waals surface area (Å²) in [6.45, 7) is 2.77. The summed E-state index contributed by atoms with van der Waals surface area (Å²) in [6, 6.07) is 11.8. The molecule has 29 heavy (non-hydrogen) atoms. The molecule has 1 aliphatic rings. The summed E-state index contributed by atoms with van der Waals surface area (Å²) in [7, 11) is 0. The van der Waals surface area contributed by atoms with Crippen LogP contribution in [-0.2, 0) is 11.3 Å². The van der Waals surface area contributed by atoms with Crippen LogP contribution in [0.1, 0.15) is 41.3 Å². The van der Waals surface area contributed by atoms with Gasteiger partial charge in [0, 0.05) is 12.1 Å². The maximum Gasteiger partial charge on any atom is 0.263 e. The van der Waals surface area contributed by atoms with Crippen LogP contribution < -0.4 is 5.56 Å². The molecule has 0 bridgehead atoms. The first-order valence-electron chi connectivity index (χ1n) is 9.48. The topological polar surface area (TPSA) is 95.9 Å². The maximum atomic E-state index is 12.6. The van der Waals surface area contributed by atoms with Gasteiger partial charge >= 0.3 is 0 Å². The Bertz CT molecular complexity index is 1210. The van der Waals surface area contributed by atoms with Crippen molar-refractivity contribution < 1.29 is 9.26 Å². The number of aryl methyl sites for hydroxylation is 1. The van der Waals surface area contributed by atoms with Gasteiger partial charge in [-0.3, -0.25) is 9.36 Å². The van der Waals surface area contributed by atoms with Crippen LogP contribution in [0.2, 0.25) is 0 Å². The molecule has 1 aromatic carbocycles. The number of rotatable bonds is 4. The summed E-state index contributed by atoms with van der Waals surface area (Å²) in [5, 5.41) is 4.57. The van der Waals surface area contributed by atoms with Crippen molar-refractivity contribution in [1.82, 2.24) is 24.7 Å². The van der Waals surface area contributed by atoms with E-state index in [4.69, 9.17) is 9.26 Å². The maximum absolute atomic E-state index is 12.6. The van der Waals surface area contributed by atoms with Crippen molar-refractivity contribution in [3.05, 3.63) is 82.1 Å². The standard InChI is InChI=1S/C21H19N5O3/c1-13-4-6-14(7-5-13)17-9-15(11-28-17)19-24-18(29-25-19)10-26-12-23-20-16(21(26)27)3-2-8-22-20/h2-8,12,15,17H,9-11H2,1H3/t15-,17+/m0/s1. The minimum absolute atomic E-state index is 0.0300. The van der Waals surface area contributed by atoms with Crippen LogP contribution in [0.3, 0.4) is 0 Å². The summed E-state index contributed by atoms with van der Waals surface area (Å²) in [5.74, 6) is 1.04. The van der Waals surface area contributed by atoms with E-state index in [2.05, 4.69) is 51.3 Å². The molecule has 8 nitrogen and oxygen atoms in total. The van der Waals surface area contributed by atoms with E-state index in [9.17, 15) is 4.79 Å². The minimum atomic E-state index is -0.188. The highest BCUT2D eigenvalue weighted by molar-refractivity contribution is 5.72. The third-order valence-corrected chi connectivity index (χ3v) is 5.20. The van der Waals surface area contributed by atoms with Gasteiger partial charge in [-0.25, -0.2) is 9.97 Å². The highest BCUT2D eigenvalue weighted by atomic mass is 16.5. The second-order valence-corrected chi connectivity index (χ2v) is 7.26. The Morgan fingerprint density at radius 2 is 2.03 bits per heavy atom. The zero-order chi connectivity index (χ0) is 19.8. The normalized spacial score (nSPS) is 19.1. The van der Waals surface area contributed by atoms with E-state index in [0.717, 1.165) is 12.0 Å². The molecule has 0 amide bonds. The van der Waals surface area contributed by atoms with Crippen LogP contribution in [0.25, 0.3) is 11.0 Å². The number of benzene rings is 1. The molecule has 0 unspecified atom stereocenters. The molecule has 0 aliphatic carbocycles. The summed E-state index contributed by atoms with van der Waals surface area (Å²) in [5.41, 5.74) is 2.61. The number of pyridine rings is 1. The molecule has 4 aromatic rings. The molecule has 0 N–H and O–H groups in total. The Morgan fingerprint density at radius 3 is 2.90 bits per heavy atom. The highest BCUT2D eigenvalue weighted by Gasteiger charge is 2.31. The fraction of sp³-hybridized carbons (Fsp3) is 0.286. The van der Waals surface area contributed by atoms with E-state index >= 15 is 0 Å². The average molecular weight is 389 g/mol. The predicted octanol–water partition coefficient (Wildman–Crippen LogP) is 2.78. The summed E-state index contributed by atoms with van der Waals surface area (Å²) >= 11 is 0. The number of fused-ring (bicyclic) bond motifs is 1. The van der Waals surface area contributed by atoms with Crippen LogP contribution in [0.15, 0.2) is 58.2 Å². The van der Waals surface area contributed by atoms with Crippen molar-refractivity contribution >= 4 is 11.0 Å². The summed E-state index contributed by atoms with van der Waals surface area (Å²) in [6.07, 6.45) is 3.89. The zero-order valence-electron chi connectivity index (χ0n) is 15.9. The van der Waals surface area contributed by atoms with E-state index in [1.54, 1.807) is 18.3 Å². The van der Waals surface area contributed by atoms with Crippen LogP contribution in [-0.4, -0.2) is 31.3 Å². The fourth-order valence-electron chi connectivity index (χ4n) is 3.57. The van der Waals surface area contributed by atoms with E-state index in [0.29, 0.717) is 29.4 Å². The third-order valence-electron chi connectivity index (χ3n) is 5.20. The van der Waals surface area contributed by atoms with Crippen LogP contribution in [0.5, 0.6) is 0 Å². The van der Waals surface area contributed by atoms with Gasteiger partial charge < -0.3 is 9.26 Å². The number of hydrogen-bond donors (Lipinski definition) is 0. The third kappa shape index (κ3) is 3.42. The van der Waals surface area contributed by atoms with Crippen molar-refractivity contribution in [3.63, 3.8) is 0 Å². The molecule has 0 spiro atoms. The smallest absolute Gasteiger partial charge is 0.263 e. The Hall–Kier alpha value is -3.39. The van der Waals surface area contributed by atoms with E-state index in [1.165, 1.54) is 16.5 Å². The molecule has 146 valence electrons. The lowest BCUT2D eigenvalue weighted by molar-refractivity contribution is 0.110. The molecule has 1 saturated heterocycles. The quantitative estimate of drug-likeness (QED) is 0.529. The summed E-state index contributed by atoms with van der Waals surface area (Å²) in [4.78, 5) is 25.4. The second-order valence-electron chi connectivity index (χ2n) is 7.26. The van der Waals surface area contributed by atoms with Crippen LogP contribution in [0.4, 0.5) is 0 Å². The van der Waals surface area contributed by atoms with Crippen LogP contribution in [0, 0.1) is 6.92 Å². The van der Waals surface area contributed by atoms with E-state index < -0.39 is 0 Å². The highest BCUT2D eigenvalue weighted by Crippen LogP contribution is 2.37. The van der Waals surface area contributed by atoms with Crippen molar-refractivity contribution in [3.8, 4) is 0 Å². The first kappa shape index (κ1) is 17.7. The molecular formula is C21H19N5O3. The molecule has 0 saturated carbocycles. The first-order valence-corrected chi connectivity index (χ1v) is 9.48. The molecule has 0 radical (unpaired) electrons. The molecule has 5 rings (SSSR count). The average Bonchev–Trinajstić information content (AvgIpc) is 3.41. The van der Waals surface area contributed by atoms with Gasteiger partial charge in [0.2, 0.25) is 5.89 Å². The Balaban J connectivity index is 1.32. The van der Waals surface area contributed by atoms with Crippen molar-refractivity contribution in [2.45, 2.75) is 31.9 Å². The van der Waals surface area contributed by atoms with E-state index in [1.807, 2.05) is 0 Å². The molecule has 2 atom stereocenters. The molecule has 4 heterocycles. The lowest BCUT2D eigenvalue weighted by Crippen LogP contribution is -2.21. The molecule has 3 aromatic heterocycles. The lowest BCUT2D eigenvalue weighted by Gasteiger charge is -2.09. The monoisotopic (exact) mass is 389 g/mol. The van der Waals surface area contributed by atoms with Crippen molar-refractivity contribution in [1.29, 1.82) is 0 Å². The van der Waals surface area contributed by atoms with Crippen molar-refractivity contribution in [2.24, 2.45) is 0 Å². The van der Waals surface area contributed by atoms with Gasteiger partial charge in [-0.2, -0.15) is 4.98 Å². The van der Waals surface area contributed by atoms with Crippen LogP contribution >= 0.6 is 0 Å². The largest absolute Gasteiger partial charge is 0.373 e. The van der Waals surface area contributed by atoms with Gasteiger partial charge in [-0.15, -0.1) is 0 Å². The van der Waals surface area contributed by atoms with Gasteiger partial charge in [-0.05, 0) is 31.0 Å². The number of hydrogen-bond acceptors (Lipinski definition) is 7. The Kier molecular flexibility index (Phi) is 4.40.